The van der Waals surface area contributed by atoms with Crippen LogP contribution in [0.15, 0.2) is 46.2 Å². The SMILES string of the molecule is CCOC(=O)c1c(-c2ccc(C)o2)csc1NC(=O)COC(=O)[C@H]1COc2ccccc2O1. The van der Waals surface area contributed by atoms with Gasteiger partial charge in [-0.05, 0) is 38.1 Å². The quantitative estimate of drug-likeness (QED) is 0.518. The fourth-order valence-corrected chi connectivity index (χ4v) is 4.10. The molecule has 0 spiro atoms. The highest BCUT2D eigenvalue weighted by molar-refractivity contribution is 7.15. The van der Waals surface area contributed by atoms with Crippen LogP contribution in [-0.2, 0) is 19.1 Å². The highest BCUT2D eigenvalue weighted by Crippen LogP contribution is 2.37. The number of para-hydroxylation sites is 2. The Balaban J connectivity index is 1.40. The summed E-state index contributed by atoms with van der Waals surface area (Å²) in [4.78, 5) is 37.3. The summed E-state index contributed by atoms with van der Waals surface area (Å²) in [5, 5.41) is 4.57. The van der Waals surface area contributed by atoms with Crippen molar-refractivity contribution in [3.63, 3.8) is 0 Å². The smallest absolute Gasteiger partial charge is 0.351 e. The summed E-state index contributed by atoms with van der Waals surface area (Å²) in [6.07, 6.45) is -0.988. The van der Waals surface area contributed by atoms with Gasteiger partial charge in [-0.25, -0.2) is 9.59 Å². The van der Waals surface area contributed by atoms with E-state index in [1.54, 1.807) is 55.6 Å². The van der Waals surface area contributed by atoms with Crippen LogP contribution in [-0.4, -0.2) is 43.8 Å². The second kappa shape index (κ2) is 9.78. The maximum absolute atomic E-state index is 12.6. The zero-order valence-electron chi connectivity index (χ0n) is 17.9. The van der Waals surface area contributed by atoms with Crippen molar-refractivity contribution in [3.8, 4) is 22.8 Å². The van der Waals surface area contributed by atoms with Gasteiger partial charge in [-0.15, -0.1) is 11.3 Å². The number of amides is 1. The molecule has 0 unspecified atom stereocenters. The molecule has 0 aliphatic carbocycles. The summed E-state index contributed by atoms with van der Waals surface area (Å²) in [6, 6.07) is 10.5. The number of carbonyl (C=O) groups is 3. The number of anilines is 1. The van der Waals surface area contributed by atoms with E-state index < -0.39 is 30.6 Å². The Morgan fingerprint density at radius 3 is 2.64 bits per heavy atom. The van der Waals surface area contributed by atoms with Crippen LogP contribution in [0.4, 0.5) is 5.00 Å². The number of hydrogen-bond acceptors (Lipinski definition) is 9. The van der Waals surface area contributed by atoms with Gasteiger partial charge >= 0.3 is 11.9 Å². The molecule has 4 rings (SSSR count). The zero-order chi connectivity index (χ0) is 23.4. The van der Waals surface area contributed by atoms with Crippen LogP contribution in [0.1, 0.15) is 23.0 Å². The number of carbonyl (C=O) groups excluding carboxylic acids is 3. The third-order valence-corrected chi connectivity index (χ3v) is 5.54. The van der Waals surface area contributed by atoms with Gasteiger partial charge in [0.1, 0.15) is 28.7 Å². The number of esters is 2. The number of fused-ring (bicyclic) bond motifs is 1. The molecule has 0 saturated carbocycles. The Morgan fingerprint density at radius 1 is 1.12 bits per heavy atom. The van der Waals surface area contributed by atoms with Gasteiger partial charge in [0, 0.05) is 10.9 Å². The Morgan fingerprint density at radius 2 is 1.91 bits per heavy atom. The summed E-state index contributed by atoms with van der Waals surface area (Å²) < 4.78 is 26.9. The molecule has 10 heteroatoms. The average molecular weight is 471 g/mol. The minimum Gasteiger partial charge on any atom is -0.485 e. The van der Waals surface area contributed by atoms with E-state index in [2.05, 4.69) is 5.32 Å². The molecule has 1 aromatic carbocycles. The molecule has 1 N–H and O–H groups in total. The van der Waals surface area contributed by atoms with Crippen LogP contribution in [0.3, 0.4) is 0 Å². The maximum Gasteiger partial charge on any atom is 0.351 e. The number of hydrogen-bond donors (Lipinski definition) is 1. The molecule has 3 heterocycles. The highest BCUT2D eigenvalue weighted by Gasteiger charge is 2.30. The molecule has 0 fully saturated rings. The molecule has 1 amide bonds. The lowest BCUT2D eigenvalue weighted by atomic mass is 10.1. The molecular weight excluding hydrogens is 450 g/mol. The Hall–Kier alpha value is -3.79. The predicted octanol–water partition coefficient (Wildman–Crippen LogP) is 3.81. The van der Waals surface area contributed by atoms with Crippen molar-refractivity contribution in [3.05, 3.63) is 53.1 Å². The van der Waals surface area contributed by atoms with E-state index in [1.807, 2.05) is 0 Å². The number of rotatable bonds is 7. The number of aryl methyl sites for hydroxylation is 1. The van der Waals surface area contributed by atoms with Gasteiger partial charge in [0.05, 0.1) is 6.61 Å². The predicted molar refractivity (Wildman–Crippen MR) is 119 cm³/mol. The van der Waals surface area contributed by atoms with Crippen molar-refractivity contribution in [2.75, 3.05) is 25.1 Å². The lowest BCUT2D eigenvalue weighted by Crippen LogP contribution is -2.39. The molecule has 0 radical (unpaired) electrons. The molecule has 1 atom stereocenters. The maximum atomic E-state index is 12.6. The Labute approximate surface area is 193 Å². The largest absolute Gasteiger partial charge is 0.485 e. The first-order chi connectivity index (χ1) is 16.0. The van der Waals surface area contributed by atoms with Gasteiger partial charge in [0.2, 0.25) is 6.10 Å². The Bertz CT molecular complexity index is 1180. The first-order valence-electron chi connectivity index (χ1n) is 10.2. The van der Waals surface area contributed by atoms with E-state index in [0.29, 0.717) is 28.6 Å². The lowest BCUT2D eigenvalue weighted by molar-refractivity contribution is -0.156. The third kappa shape index (κ3) is 5.01. The molecule has 2 aromatic heterocycles. The van der Waals surface area contributed by atoms with Gasteiger partial charge in [0.15, 0.2) is 18.1 Å². The van der Waals surface area contributed by atoms with Crippen molar-refractivity contribution >= 4 is 34.2 Å². The van der Waals surface area contributed by atoms with Crippen molar-refractivity contribution in [2.24, 2.45) is 0 Å². The summed E-state index contributed by atoms with van der Waals surface area (Å²) in [6.45, 7) is 3.06. The number of benzene rings is 1. The van der Waals surface area contributed by atoms with Crippen molar-refractivity contribution in [2.45, 2.75) is 20.0 Å². The van der Waals surface area contributed by atoms with E-state index in [1.165, 1.54) is 0 Å². The molecule has 172 valence electrons. The fourth-order valence-electron chi connectivity index (χ4n) is 3.14. The van der Waals surface area contributed by atoms with Gasteiger partial charge in [0.25, 0.3) is 5.91 Å². The van der Waals surface area contributed by atoms with Crippen LogP contribution in [0.2, 0.25) is 0 Å². The molecule has 9 nitrogen and oxygen atoms in total. The summed E-state index contributed by atoms with van der Waals surface area (Å²) in [5.74, 6) is 0.174. The van der Waals surface area contributed by atoms with Crippen molar-refractivity contribution in [1.82, 2.24) is 0 Å². The van der Waals surface area contributed by atoms with E-state index in [9.17, 15) is 14.4 Å². The minimum absolute atomic E-state index is 0.0265. The standard InChI is InChI=1S/C23H21NO8S/c1-3-28-23(27)20-14(15-9-8-13(2)31-15)12-33-21(20)24-19(25)11-30-22(26)18-10-29-16-6-4-5-7-17(16)32-18/h4-9,12,18H,3,10-11H2,1-2H3,(H,24,25)/t18-/m1/s1. The first kappa shape index (κ1) is 22.4. The van der Waals surface area contributed by atoms with Gasteiger partial charge in [-0.3, -0.25) is 4.79 Å². The summed E-state index contributed by atoms with van der Waals surface area (Å²) in [5.41, 5.74) is 0.682. The normalized spacial score (nSPS) is 14.4. The second-order valence-corrected chi connectivity index (χ2v) is 7.88. The number of furan rings is 1. The molecule has 1 aliphatic rings. The van der Waals surface area contributed by atoms with Crippen LogP contribution < -0.4 is 14.8 Å². The molecule has 1 aliphatic heterocycles. The minimum atomic E-state index is -0.988. The molecular formula is C23H21NO8S. The lowest BCUT2D eigenvalue weighted by Gasteiger charge is -2.24. The van der Waals surface area contributed by atoms with Crippen LogP contribution in [0.25, 0.3) is 11.3 Å². The topological polar surface area (TPSA) is 113 Å². The van der Waals surface area contributed by atoms with Crippen LogP contribution in [0, 0.1) is 6.92 Å². The van der Waals surface area contributed by atoms with Gasteiger partial charge < -0.3 is 28.7 Å². The van der Waals surface area contributed by atoms with Crippen LogP contribution >= 0.6 is 11.3 Å². The molecule has 33 heavy (non-hydrogen) atoms. The second-order valence-electron chi connectivity index (χ2n) is 7.00. The Kier molecular flexibility index (Phi) is 6.64. The molecule has 0 saturated heterocycles. The van der Waals surface area contributed by atoms with E-state index in [0.717, 1.165) is 11.3 Å². The van der Waals surface area contributed by atoms with Gasteiger partial charge in [-0.1, -0.05) is 12.1 Å². The monoisotopic (exact) mass is 471 g/mol. The van der Waals surface area contributed by atoms with Crippen LogP contribution in [0.5, 0.6) is 11.5 Å². The average Bonchev–Trinajstić information content (AvgIpc) is 3.43. The van der Waals surface area contributed by atoms with E-state index in [4.69, 9.17) is 23.4 Å². The highest BCUT2D eigenvalue weighted by atomic mass is 32.1. The first-order valence-corrected chi connectivity index (χ1v) is 11.0. The van der Waals surface area contributed by atoms with E-state index in [-0.39, 0.29) is 23.8 Å². The number of nitrogens with one attached hydrogen (secondary N) is 1. The summed E-state index contributed by atoms with van der Waals surface area (Å²) >= 11 is 1.14. The number of ether oxygens (including phenoxy) is 4. The van der Waals surface area contributed by atoms with Crippen molar-refractivity contribution in [1.29, 1.82) is 0 Å². The van der Waals surface area contributed by atoms with Crippen molar-refractivity contribution < 1.29 is 37.7 Å². The van der Waals surface area contributed by atoms with Gasteiger partial charge in [-0.2, -0.15) is 0 Å². The molecule has 3 aromatic rings. The number of thiophene rings is 1. The van der Waals surface area contributed by atoms with E-state index >= 15 is 0 Å². The summed E-state index contributed by atoms with van der Waals surface area (Å²) in [7, 11) is 0. The molecule has 0 bridgehead atoms. The fraction of sp³-hybridized carbons (Fsp3) is 0.261. The third-order valence-electron chi connectivity index (χ3n) is 4.65. The zero-order valence-corrected chi connectivity index (χ0v) is 18.7.